The van der Waals surface area contributed by atoms with Gasteiger partial charge in [0.05, 0.1) is 18.5 Å². The highest BCUT2D eigenvalue weighted by Gasteiger charge is 2.21. The normalized spacial score (nSPS) is 11.1. The average molecular weight is 416 g/mol. The number of amides is 1. The van der Waals surface area contributed by atoms with Gasteiger partial charge < -0.3 is 5.32 Å². The van der Waals surface area contributed by atoms with Gasteiger partial charge in [-0.3, -0.25) is 9.10 Å². The second-order valence-electron chi connectivity index (χ2n) is 6.38. The van der Waals surface area contributed by atoms with Crippen LogP contribution in [0.15, 0.2) is 72.8 Å². The van der Waals surface area contributed by atoms with E-state index in [1.807, 2.05) is 0 Å². The molecule has 0 saturated heterocycles. The number of hydrogen-bond acceptors (Lipinski definition) is 3. The van der Waals surface area contributed by atoms with E-state index >= 15 is 0 Å². The van der Waals surface area contributed by atoms with Crippen molar-refractivity contribution in [3.05, 3.63) is 95.6 Å². The zero-order valence-electron chi connectivity index (χ0n) is 15.5. The van der Waals surface area contributed by atoms with Gasteiger partial charge in [-0.05, 0) is 54.1 Å². The van der Waals surface area contributed by atoms with Gasteiger partial charge in [0.1, 0.15) is 11.6 Å². The second-order valence-corrected chi connectivity index (χ2v) is 8.29. The van der Waals surface area contributed by atoms with Gasteiger partial charge >= 0.3 is 0 Å². The molecule has 0 aliphatic heterocycles. The Kier molecular flexibility index (Phi) is 5.93. The second kappa shape index (κ2) is 8.40. The van der Waals surface area contributed by atoms with Gasteiger partial charge in [0.2, 0.25) is 10.0 Å². The first-order valence-electron chi connectivity index (χ1n) is 8.62. The topological polar surface area (TPSA) is 66.5 Å². The number of rotatable bonds is 6. The number of nitrogens with one attached hydrogen (secondary N) is 1. The zero-order chi connectivity index (χ0) is 21.0. The molecule has 29 heavy (non-hydrogen) atoms. The van der Waals surface area contributed by atoms with Crippen LogP contribution < -0.4 is 9.62 Å². The molecule has 3 rings (SSSR count). The average Bonchev–Trinajstić information content (AvgIpc) is 2.68. The van der Waals surface area contributed by atoms with Crippen LogP contribution in [0.25, 0.3) is 0 Å². The van der Waals surface area contributed by atoms with Crippen LogP contribution in [0.1, 0.15) is 15.9 Å². The van der Waals surface area contributed by atoms with Crippen LogP contribution >= 0.6 is 0 Å². The number of anilines is 2. The molecular formula is C21H18F2N2O3S. The third-order valence-electron chi connectivity index (χ3n) is 4.17. The van der Waals surface area contributed by atoms with Gasteiger partial charge in [-0.15, -0.1) is 0 Å². The molecular weight excluding hydrogens is 398 g/mol. The number of nitrogens with zero attached hydrogens (tertiary/aromatic N) is 1. The molecule has 0 unspecified atom stereocenters. The molecule has 3 aromatic carbocycles. The highest BCUT2D eigenvalue weighted by atomic mass is 32.2. The number of sulfonamides is 1. The molecule has 0 atom stereocenters. The van der Waals surface area contributed by atoms with Crippen LogP contribution in [0.5, 0.6) is 0 Å². The number of carbonyl (C=O) groups excluding carboxylic acids is 1. The Morgan fingerprint density at radius 3 is 2.14 bits per heavy atom. The van der Waals surface area contributed by atoms with E-state index in [2.05, 4.69) is 5.32 Å². The Balaban J connectivity index is 1.77. The fraction of sp³-hybridized carbons (Fsp3) is 0.0952. The molecule has 5 nitrogen and oxygen atoms in total. The number of halogens is 2. The van der Waals surface area contributed by atoms with Crippen molar-refractivity contribution in [2.45, 2.75) is 6.54 Å². The Bertz CT molecular complexity index is 1120. The van der Waals surface area contributed by atoms with Crippen molar-refractivity contribution in [1.82, 2.24) is 0 Å². The largest absolute Gasteiger partial charge is 0.322 e. The van der Waals surface area contributed by atoms with E-state index in [9.17, 15) is 22.0 Å². The van der Waals surface area contributed by atoms with Crippen LogP contribution in [0.2, 0.25) is 0 Å². The van der Waals surface area contributed by atoms with Crippen molar-refractivity contribution in [3.8, 4) is 0 Å². The molecule has 1 N–H and O–H groups in total. The summed E-state index contributed by atoms with van der Waals surface area (Å²) < 4.78 is 52.3. The van der Waals surface area contributed by atoms with Crippen molar-refractivity contribution < 1.29 is 22.0 Å². The van der Waals surface area contributed by atoms with E-state index in [4.69, 9.17) is 0 Å². The van der Waals surface area contributed by atoms with E-state index < -0.39 is 27.6 Å². The minimum absolute atomic E-state index is 0.0480. The molecule has 150 valence electrons. The minimum Gasteiger partial charge on any atom is -0.322 e. The predicted molar refractivity (Wildman–Crippen MR) is 108 cm³/mol. The maximum Gasteiger partial charge on any atom is 0.255 e. The van der Waals surface area contributed by atoms with Gasteiger partial charge in [-0.1, -0.05) is 24.3 Å². The van der Waals surface area contributed by atoms with Gasteiger partial charge in [0.25, 0.3) is 5.91 Å². The first kappa shape index (κ1) is 20.5. The summed E-state index contributed by atoms with van der Waals surface area (Å²) in [6.45, 7) is -0.0837. The molecule has 1 amide bonds. The molecule has 0 aliphatic carbocycles. The lowest BCUT2D eigenvalue weighted by atomic mass is 10.1. The monoisotopic (exact) mass is 416 g/mol. The molecule has 0 aliphatic rings. The molecule has 0 aromatic heterocycles. The fourth-order valence-electron chi connectivity index (χ4n) is 2.70. The third kappa shape index (κ3) is 5.17. The lowest BCUT2D eigenvalue weighted by Gasteiger charge is -2.23. The molecule has 0 radical (unpaired) electrons. The maximum absolute atomic E-state index is 14.1. The number of hydrogen-bond donors (Lipinski definition) is 1. The Hall–Kier alpha value is -3.26. The summed E-state index contributed by atoms with van der Waals surface area (Å²) >= 11 is 0. The van der Waals surface area contributed by atoms with Crippen LogP contribution in [-0.2, 0) is 16.6 Å². The number of para-hydroxylation sites is 1. The third-order valence-corrected chi connectivity index (χ3v) is 5.29. The first-order valence-corrected chi connectivity index (χ1v) is 10.5. The molecule has 0 spiro atoms. The summed E-state index contributed by atoms with van der Waals surface area (Å²) in [6.07, 6.45) is 1.00. The van der Waals surface area contributed by atoms with Crippen LogP contribution in [-0.4, -0.2) is 20.6 Å². The maximum atomic E-state index is 14.1. The molecule has 0 bridgehead atoms. The fourth-order valence-corrected chi connectivity index (χ4v) is 3.59. The minimum atomic E-state index is -3.73. The van der Waals surface area contributed by atoms with E-state index in [1.54, 1.807) is 18.2 Å². The molecule has 0 fully saturated rings. The highest BCUT2D eigenvalue weighted by Crippen LogP contribution is 2.24. The SMILES string of the molecule is CS(=O)(=O)N(Cc1ccc(C(=O)Nc2ccc(F)cc2)cc1)c1ccccc1F. The van der Waals surface area contributed by atoms with Gasteiger partial charge in [-0.2, -0.15) is 0 Å². The first-order chi connectivity index (χ1) is 13.7. The van der Waals surface area contributed by atoms with Crippen molar-refractivity contribution >= 4 is 27.3 Å². The van der Waals surface area contributed by atoms with E-state index in [0.29, 0.717) is 16.8 Å². The van der Waals surface area contributed by atoms with E-state index in [1.165, 1.54) is 54.6 Å². The van der Waals surface area contributed by atoms with Crippen LogP contribution in [0, 0.1) is 11.6 Å². The summed E-state index contributed by atoms with van der Waals surface area (Å²) in [5.74, 6) is -1.44. The van der Waals surface area contributed by atoms with Crippen LogP contribution in [0.3, 0.4) is 0 Å². The summed E-state index contributed by atoms with van der Waals surface area (Å²) in [6, 6.07) is 17.2. The van der Waals surface area contributed by atoms with Crippen molar-refractivity contribution in [3.63, 3.8) is 0 Å². The summed E-state index contributed by atoms with van der Waals surface area (Å²) in [5, 5.41) is 2.64. The van der Waals surface area contributed by atoms with Gasteiger partial charge in [0.15, 0.2) is 0 Å². The van der Waals surface area contributed by atoms with Gasteiger partial charge in [-0.25, -0.2) is 17.2 Å². The quantitative estimate of drug-likeness (QED) is 0.656. The summed E-state index contributed by atoms with van der Waals surface area (Å²) in [7, 11) is -3.73. The van der Waals surface area contributed by atoms with E-state index in [-0.39, 0.29) is 12.2 Å². The lowest BCUT2D eigenvalue weighted by Crippen LogP contribution is -2.30. The lowest BCUT2D eigenvalue weighted by molar-refractivity contribution is 0.102. The Labute approximate surface area is 167 Å². The Morgan fingerprint density at radius 1 is 0.931 bits per heavy atom. The molecule has 0 saturated carbocycles. The van der Waals surface area contributed by atoms with Crippen LogP contribution in [0.4, 0.5) is 20.2 Å². The molecule has 3 aromatic rings. The van der Waals surface area contributed by atoms with Crippen molar-refractivity contribution in [2.24, 2.45) is 0 Å². The Morgan fingerprint density at radius 2 is 1.55 bits per heavy atom. The summed E-state index contributed by atoms with van der Waals surface area (Å²) in [4.78, 5) is 12.3. The zero-order valence-corrected chi connectivity index (χ0v) is 16.3. The van der Waals surface area contributed by atoms with Crippen molar-refractivity contribution in [2.75, 3.05) is 15.9 Å². The van der Waals surface area contributed by atoms with E-state index in [0.717, 1.165) is 10.6 Å². The summed E-state index contributed by atoms with van der Waals surface area (Å²) in [5.41, 5.74) is 1.32. The molecule has 0 heterocycles. The standard InChI is InChI=1S/C21H18F2N2O3S/c1-29(27,28)25(20-5-3-2-4-19(20)23)14-15-6-8-16(9-7-15)21(26)24-18-12-10-17(22)11-13-18/h2-13H,14H2,1H3,(H,24,26). The van der Waals surface area contributed by atoms with Crippen molar-refractivity contribution in [1.29, 1.82) is 0 Å². The number of benzene rings is 3. The molecule has 8 heteroatoms. The highest BCUT2D eigenvalue weighted by molar-refractivity contribution is 7.92. The van der Waals surface area contributed by atoms with Gasteiger partial charge in [0, 0.05) is 11.3 Å². The number of carbonyl (C=O) groups is 1. The predicted octanol–water partition coefficient (Wildman–Crippen LogP) is 4.18. The smallest absolute Gasteiger partial charge is 0.255 e.